The third-order valence-corrected chi connectivity index (χ3v) is 3.36. The van der Waals surface area contributed by atoms with E-state index in [2.05, 4.69) is 33.0 Å². The summed E-state index contributed by atoms with van der Waals surface area (Å²) in [5, 5.41) is 2.80. The molecular formula is C14H23N2O+. The highest BCUT2D eigenvalue weighted by atomic mass is 16.2. The van der Waals surface area contributed by atoms with Gasteiger partial charge in [-0.3, -0.25) is 0 Å². The van der Waals surface area contributed by atoms with Gasteiger partial charge in [0.25, 0.3) is 0 Å². The molecule has 3 heteroatoms. The van der Waals surface area contributed by atoms with Gasteiger partial charge < -0.3 is 5.32 Å². The van der Waals surface area contributed by atoms with Crippen molar-refractivity contribution in [1.29, 1.82) is 0 Å². The van der Waals surface area contributed by atoms with Gasteiger partial charge in [-0.05, 0) is 39.8 Å². The van der Waals surface area contributed by atoms with E-state index in [1.54, 1.807) is 7.05 Å². The molecule has 2 amide bonds. The minimum atomic E-state index is 0.0428. The number of quaternary nitrogens is 1. The second-order valence-corrected chi connectivity index (χ2v) is 4.86. The molecule has 17 heavy (non-hydrogen) atoms. The lowest BCUT2D eigenvalue weighted by Gasteiger charge is -2.41. The Morgan fingerprint density at radius 3 is 1.88 bits per heavy atom. The number of benzene rings is 1. The highest BCUT2D eigenvalue weighted by Gasteiger charge is 2.44. The minimum Gasteiger partial charge on any atom is -0.308 e. The zero-order chi connectivity index (χ0) is 13.1. The Morgan fingerprint density at radius 1 is 1.06 bits per heavy atom. The molecule has 3 nitrogen and oxygen atoms in total. The van der Waals surface area contributed by atoms with Crippen molar-refractivity contribution in [3.63, 3.8) is 0 Å². The third-order valence-electron chi connectivity index (χ3n) is 3.36. The summed E-state index contributed by atoms with van der Waals surface area (Å²) < 4.78 is 0.331. The summed E-state index contributed by atoms with van der Waals surface area (Å²) in [7, 11) is 1.70. The SMILES string of the molecule is CNC(=O)[N+](c1ccccc1)(C(C)C)C(C)C. The van der Waals surface area contributed by atoms with Crippen LogP contribution in [0.2, 0.25) is 0 Å². The monoisotopic (exact) mass is 235 g/mol. The fourth-order valence-corrected chi connectivity index (χ4v) is 2.64. The van der Waals surface area contributed by atoms with Gasteiger partial charge in [0.05, 0.1) is 12.1 Å². The van der Waals surface area contributed by atoms with E-state index in [-0.39, 0.29) is 18.1 Å². The van der Waals surface area contributed by atoms with Gasteiger partial charge in [0.15, 0.2) is 0 Å². The number of hydrogen-bond acceptors (Lipinski definition) is 1. The molecule has 0 heterocycles. The third kappa shape index (κ3) is 2.20. The summed E-state index contributed by atoms with van der Waals surface area (Å²) in [5.41, 5.74) is 1.04. The van der Waals surface area contributed by atoms with Crippen molar-refractivity contribution < 1.29 is 4.79 Å². The maximum absolute atomic E-state index is 12.4. The molecule has 0 saturated carbocycles. The van der Waals surface area contributed by atoms with E-state index < -0.39 is 0 Å². The van der Waals surface area contributed by atoms with Gasteiger partial charge in [0, 0.05) is 7.05 Å². The number of urea groups is 1. The van der Waals surface area contributed by atoms with E-state index in [1.165, 1.54) is 0 Å². The molecule has 1 aromatic carbocycles. The van der Waals surface area contributed by atoms with E-state index in [4.69, 9.17) is 0 Å². The van der Waals surface area contributed by atoms with Crippen LogP contribution in [0, 0.1) is 0 Å². The Morgan fingerprint density at radius 2 is 1.53 bits per heavy atom. The van der Waals surface area contributed by atoms with Crippen LogP contribution in [-0.4, -0.2) is 25.2 Å². The van der Waals surface area contributed by atoms with Crippen LogP contribution in [0.15, 0.2) is 30.3 Å². The number of nitrogens with zero attached hydrogens (tertiary/aromatic N) is 1. The van der Waals surface area contributed by atoms with Crippen molar-refractivity contribution >= 4 is 11.7 Å². The molecule has 0 aliphatic carbocycles. The predicted molar refractivity (Wildman–Crippen MR) is 73.0 cm³/mol. The average Bonchev–Trinajstić information content (AvgIpc) is 2.30. The Labute approximate surface area is 104 Å². The molecule has 0 spiro atoms. The van der Waals surface area contributed by atoms with Crippen molar-refractivity contribution in [2.75, 3.05) is 7.05 Å². The Bertz CT molecular complexity index is 363. The Balaban J connectivity index is 3.41. The van der Waals surface area contributed by atoms with Crippen LogP contribution in [0.3, 0.4) is 0 Å². The maximum Gasteiger partial charge on any atom is 0.421 e. The zero-order valence-electron chi connectivity index (χ0n) is 11.4. The summed E-state index contributed by atoms with van der Waals surface area (Å²) in [6, 6.07) is 10.4. The molecule has 1 N–H and O–H groups in total. The van der Waals surface area contributed by atoms with Crippen LogP contribution in [-0.2, 0) is 0 Å². The van der Waals surface area contributed by atoms with Crippen molar-refractivity contribution in [1.82, 2.24) is 9.80 Å². The lowest BCUT2D eigenvalue weighted by Crippen LogP contribution is -2.65. The average molecular weight is 235 g/mol. The van der Waals surface area contributed by atoms with E-state index in [0.717, 1.165) is 5.69 Å². The van der Waals surface area contributed by atoms with Crippen LogP contribution in [0.4, 0.5) is 10.5 Å². The fraction of sp³-hybridized carbons (Fsp3) is 0.500. The summed E-state index contributed by atoms with van der Waals surface area (Å²) in [5.74, 6) is 0. The normalized spacial score (nSPS) is 11.9. The summed E-state index contributed by atoms with van der Waals surface area (Å²) in [6.45, 7) is 8.34. The number of hydrogen-bond donors (Lipinski definition) is 1. The molecule has 0 aliphatic heterocycles. The standard InChI is InChI=1S/C14H22N2O/c1-11(2)16(12(3)4,14(17)15-5)13-9-7-6-8-10-13/h6-12H,1-5H3/p+1. The first-order valence-electron chi connectivity index (χ1n) is 6.14. The fourth-order valence-electron chi connectivity index (χ4n) is 2.64. The van der Waals surface area contributed by atoms with E-state index in [9.17, 15) is 4.79 Å². The molecule has 1 rings (SSSR count). The van der Waals surface area contributed by atoms with Crippen LogP contribution < -0.4 is 9.80 Å². The molecule has 0 unspecified atom stereocenters. The van der Waals surface area contributed by atoms with E-state index in [1.807, 2.05) is 30.3 Å². The highest BCUT2D eigenvalue weighted by Crippen LogP contribution is 2.30. The van der Waals surface area contributed by atoms with Gasteiger partial charge in [-0.25, -0.2) is 9.28 Å². The molecule has 0 atom stereocenters. The van der Waals surface area contributed by atoms with Crippen LogP contribution in [0.1, 0.15) is 27.7 Å². The molecule has 0 bridgehead atoms. The van der Waals surface area contributed by atoms with Crippen molar-refractivity contribution in [3.8, 4) is 0 Å². The van der Waals surface area contributed by atoms with Crippen LogP contribution in [0.5, 0.6) is 0 Å². The molecule has 1 aromatic rings. The summed E-state index contributed by atoms with van der Waals surface area (Å²) in [4.78, 5) is 12.4. The van der Waals surface area contributed by atoms with Gasteiger partial charge in [-0.1, -0.05) is 18.2 Å². The molecule has 0 saturated heterocycles. The van der Waals surface area contributed by atoms with Gasteiger partial charge in [-0.15, -0.1) is 0 Å². The first-order chi connectivity index (χ1) is 7.97. The lowest BCUT2D eigenvalue weighted by molar-refractivity contribution is 0.168. The van der Waals surface area contributed by atoms with Crippen LogP contribution >= 0.6 is 0 Å². The van der Waals surface area contributed by atoms with Gasteiger partial charge in [0.2, 0.25) is 0 Å². The van der Waals surface area contributed by atoms with Crippen molar-refractivity contribution in [2.24, 2.45) is 0 Å². The van der Waals surface area contributed by atoms with E-state index >= 15 is 0 Å². The number of amides is 2. The maximum atomic E-state index is 12.4. The lowest BCUT2D eigenvalue weighted by atomic mass is 10.1. The Kier molecular flexibility index (Phi) is 4.29. The largest absolute Gasteiger partial charge is 0.421 e. The second kappa shape index (κ2) is 5.32. The topological polar surface area (TPSA) is 29.1 Å². The molecule has 0 fully saturated rings. The molecular weight excluding hydrogens is 212 g/mol. The van der Waals surface area contributed by atoms with E-state index in [0.29, 0.717) is 4.48 Å². The number of para-hydroxylation sites is 1. The number of carbonyl (C=O) groups is 1. The van der Waals surface area contributed by atoms with Gasteiger partial charge in [0.1, 0.15) is 5.69 Å². The zero-order valence-corrected chi connectivity index (χ0v) is 11.4. The number of rotatable bonds is 3. The highest BCUT2D eigenvalue weighted by molar-refractivity contribution is 5.87. The summed E-state index contributed by atoms with van der Waals surface area (Å²) in [6.07, 6.45) is 0. The first-order valence-corrected chi connectivity index (χ1v) is 6.14. The van der Waals surface area contributed by atoms with Crippen molar-refractivity contribution in [2.45, 2.75) is 39.8 Å². The first kappa shape index (κ1) is 13.7. The second-order valence-electron chi connectivity index (χ2n) is 4.86. The molecule has 0 aliphatic rings. The molecule has 0 radical (unpaired) electrons. The van der Waals surface area contributed by atoms with Crippen LogP contribution in [0.25, 0.3) is 0 Å². The molecule has 94 valence electrons. The minimum absolute atomic E-state index is 0.0428. The molecule has 0 aromatic heterocycles. The quantitative estimate of drug-likeness (QED) is 0.801. The van der Waals surface area contributed by atoms with Gasteiger partial charge in [-0.2, -0.15) is 0 Å². The Hall–Kier alpha value is -1.35. The smallest absolute Gasteiger partial charge is 0.308 e. The van der Waals surface area contributed by atoms with Gasteiger partial charge >= 0.3 is 6.03 Å². The number of nitrogens with one attached hydrogen (secondary N) is 1. The summed E-state index contributed by atoms with van der Waals surface area (Å²) >= 11 is 0. The van der Waals surface area contributed by atoms with Crippen molar-refractivity contribution in [3.05, 3.63) is 30.3 Å². The predicted octanol–water partition coefficient (Wildman–Crippen LogP) is 3.15. The number of carbonyl (C=O) groups excluding carboxylic acids is 1.